The Morgan fingerprint density at radius 1 is 1.07 bits per heavy atom. The van der Waals surface area contributed by atoms with Gasteiger partial charge in [-0.1, -0.05) is 0 Å². The first kappa shape index (κ1) is 20.2. The number of hydrogen-bond acceptors (Lipinski definition) is 4. The van der Waals surface area contributed by atoms with Crippen molar-refractivity contribution in [1.29, 1.82) is 0 Å². The van der Waals surface area contributed by atoms with Crippen LogP contribution in [0.3, 0.4) is 0 Å². The van der Waals surface area contributed by atoms with Crippen LogP contribution >= 0.6 is 37.2 Å². The van der Waals surface area contributed by atoms with Crippen LogP contribution in [0.2, 0.25) is 0 Å². The average Bonchev–Trinajstić information content (AvgIpc) is 2.04. The van der Waals surface area contributed by atoms with Gasteiger partial charge in [-0.15, -0.1) is 37.2 Å². The maximum atomic E-state index is 4.94. The van der Waals surface area contributed by atoms with Crippen LogP contribution in [0.5, 0.6) is 0 Å². The zero-order chi connectivity index (χ0) is 8.10. The quantitative estimate of drug-likeness (QED) is 0.752. The zero-order valence-corrected chi connectivity index (χ0v) is 10.8. The number of nitrogens with two attached hydrogens (primary N) is 1. The van der Waals surface area contributed by atoms with Crippen LogP contribution in [0.15, 0.2) is 0 Å². The van der Waals surface area contributed by atoms with Gasteiger partial charge in [0.25, 0.3) is 0 Å². The van der Waals surface area contributed by atoms with Gasteiger partial charge in [0.1, 0.15) is 0 Å². The molecule has 7 heteroatoms. The first-order valence-corrected chi connectivity index (χ1v) is 4.05. The molecule has 4 nitrogen and oxygen atoms in total. The Bertz CT molecular complexity index is 110. The third-order valence-electron chi connectivity index (χ3n) is 2.12. The van der Waals surface area contributed by atoms with Crippen molar-refractivity contribution in [1.82, 2.24) is 9.80 Å². The van der Waals surface area contributed by atoms with Gasteiger partial charge in [-0.3, -0.25) is 4.90 Å². The summed E-state index contributed by atoms with van der Waals surface area (Å²) in [7, 11) is 2.15. The van der Waals surface area contributed by atoms with Gasteiger partial charge in [-0.05, 0) is 7.05 Å². The molecule has 0 radical (unpaired) electrons. The first-order chi connectivity index (χ1) is 5.33. The van der Waals surface area contributed by atoms with E-state index >= 15 is 0 Å². The highest BCUT2D eigenvalue weighted by Gasteiger charge is 2.12. The van der Waals surface area contributed by atoms with Crippen LogP contribution in [-0.4, -0.2) is 56.2 Å². The summed E-state index contributed by atoms with van der Waals surface area (Å²) in [5, 5.41) is 0. The minimum atomic E-state index is 0. The van der Waals surface area contributed by atoms with E-state index in [2.05, 4.69) is 21.7 Å². The van der Waals surface area contributed by atoms with Gasteiger partial charge in [0.05, 0.1) is 6.61 Å². The second-order valence-corrected chi connectivity index (χ2v) is 3.02. The van der Waals surface area contributed by atoms with Gasteiger partial charge in [0.2, 0.25) is 0 Å². The lowest BCUT2D eigenvalue weighted by atomic mass is 10.3. The van der Waals surface area contributed by atoms with Gasteiger partial charge < -0.3 is 9.74 Å². The lowest BCUT2D eigenvalue weighted by Gasteiger charge is -2.31. The van der Waals surface area contributed by atoms with Gasteiger partial charge in [-0.2, -0.15) is 0 Å². The highest BCUT2D eigenvalue weighted by Crippen LogP contribution is 1.97. The molecule has 0 spiro atoms. The lowest BCUT2D eigenvalue weighted by Crippen LogP contribution is -2.45. The monoisotopic (exact) mass is 267 g/mol. The van der Waals surface area contributed by atoms with E-state index in [1.165, 1.54) is 0 Å². The van der Waals surface area contributed by atoms with Crippen LogP contribution in [0.25, 0.3) is 0 Å². The molecule has 0 aromatic rings. The normalized spacial score (nSPS) is 17.6. The summed E-state index contributed by atoms with van der Waals surface area (Å²) in [4.78, 5) is 9.22. The first-order valence-electron chi connectivity index (χ1n) is 4.05. The molecule has 0 saturated carbocycles. The molecule has 1 fully saturated rings. The maximum absolute atomic E-state index is 4.94. The fourth-order valence-corrected chi connectivity index (χ4v) is 1.25. The number of piperazine rings is 1. The average molecular weight is 269 g/mol. The number of halogens is 3. The van der Waals surface area contributed by atoms with Gasteiger partial charge in [-0.25, -0.2) is 5.90 Å². The van der Waals surface area contributed by atoms with E-state index in [4.69, 9.17) is 5.90 Å². The Labute approximate surface area is 104 Å². The highest BCUT2D eigenvalue weighted by molar-refractivity contribution is 5.86. The van der Waals surface area contributed by atoms with E-state index in [0.29, 0.717) is 6.61 Å². The highest BCUT2D eigenvalue weighted by atomic mass is 35.5. The van der Waals surface area contributed by atoms with E-state index < -0.39 is 0 Å². The summed E-state index contributed by atoms with van der Waals surface area (Å²) in [5.41, 5.74) is 0. The number of hydrogen-bond donors (Lipinski definition) is 1. The van der Waals surface area contributed by atoms with Crippen LogP contribution in [-0.2, 0) is 4.84 Å². The summed E-state index contributed by atoms with van der Waals surface area (Å²) in [5.74, 6) is 4.94. The Hall–Kier alpha value is 0.710. The van der Waals surface area contributed by atoms with Crippen molar-refractivity contribution in [3.05, 3.63) is 0 Å². The Balaban J connectivity index is -0.000000403. The number of nitrogens with zero attached hydrogens (tertiary/aromatic N) is 2. The molecular weight excluding hydrogens is 248 g/mol. The molecule has 0 aliphatic carbocycles. The van der Waals surface area contributed by atoms with E-state index in [0.717, 1.165) is 32.7 Å². The van der Waals surface area contributed by atoms with Crippen molar-refractivity contribution in [2.45, 2.75) is 0 Å². The largest absolute Gasteiger partial charge is 0.304 e. The van der Waals surface area contributed by atoms with Crippen molar-refractivity contribution >= 4 is 37.2 Å². The van der Waals surface area contributed by atoms with Crippen LogP contribution in [0.1, 0.15) is 0 Å². The topological polar surface area (TPSA) is 41.7 Å². The molecule has 90 valence electrons. The fraction of sp³-hybridized carbons (Fsp3) is 1.00. The number of rotatable bonds is 3. The Morgan fingerprint density at radius 2 is 1.57 bits per heavy atom. The van der Waals surface area contributed by atoms with Crippen molar-refractivity contribution in [2.24, 2.45) is 5.90 Å². The van der Waals surface area contributed by atoms with Crippen molar-refractivity contribution in [3.63, 3.8) is 0 Å². The number of likely N-dealkylation sites (N-methyl/N-ethyl adjacent to an activating group) is 1. The third-order valence-corrected chi connectivity index (χ3v) is 2.12. The minimum absolute atomic E-state index is 0. The summed E-state index contributed by atoms with van der Waals surface area (Å²) >= 11 is 0. The molecule has 1 aliphatic heterocycles. The van der Waals surface area contributed by atoms with Crippen molar-refractivity contribution in [3.8, 4) is 0 Å². The SMILES string of the molecule is CN1CCN(CCON)CC1.Cl.Cl.Cl. The molecule has 1 rings (SSSR count). The summed E-state index contributed by atoms with van der Waals surface area (Å²) < 4.78 is 0. The zero-order valence-electron chi connectivity index (χ0n) is 8.35. The van der Waals surface area contributed by atoms with Crippen LogP contribution < -0.4 is 5.90 Å². The Morgan fingerprint density at radius 3 is 2.00 bits per heavy atom. The summed E-state index contributed by atoms with van der Waals surface area (Å²) in [6, 6.07) is 0. The molecule has 0 bridgehead atoms. The molecule has 0 atom stereocenters. The maximum Gasteiger partial charge on any atom is 0.0806 e. The lowest BCUT2D eigenvalue weighted by molar-refractivity contribution is 0.0827. The molecule has 0 unspecified atom stereocenters. The molecule has 14 heavy (non-hydrogen) atoms. The van der Waals surface area contributed by atoms with E-state index in [1.54, 1.807) is 0 Å². The van der Waals surface area contributed by atoms with Crippen LogP contribution in [0, 0.1) is 0 Å². The van der Waals surface area contributed by atoms with Crippen molar-refractivity contribution < 1.29 is 4.84 Å². The predicted octanol–water partition coefficient (Wildman–Crippen LogP) is 0.389. The smallest absolute Gasteiger partial charge is 0.0806 e. The molecule has 2 N–H and O–H groups in total. The molecule has 0 aromatic heterocycles. The van der Waals surface area contributed by atoms with Gasteiger partial charge in [0.15, 0.2) is 0 Å². The van der Waals surface area contributed by atoms with Gasteiger partial charge >= 0.3 is 0 Å². The standard InChI is InChI=1S/C7H17N3O.3ClH/c1-9-2-4-10(5-3-9)6-7-11-8;;;/h2-8H2,1H3;3*1H. The van der Waals surface area contributed by atoms with Crippen LogP contribution in [0.4, 0.5) is 0 Å². The molecule has 0 amide bonds. The second kappa shape index (κ2) is 11.8. The Kier molecular flexibility index (Phi) is 17.0. The molecular formula is C7H20Cl3N3O. The fourth-order valence-electron chi connectivity index (χ4n) is 1.25. The molecule has 1 aliphatic rings. The van der Waals surface area contributed by atoms with Gasteiger partial charge in [0, 0.05) is 32.7 Å². The molecule has 1 saturated heterocycles. The predicted molar refractivity (Wildman–Crippen MR) is 65.8 cm³/mol. The van der Waals surface area contributed by atoms with E-state index in [9.17, 15) is 0 Å². The minimum Gasteiger partial charge on any atom is -0.304 e. The molecule has 0 aromatic carbocycles. The molecule has 1 heterocycles. The van der Waals surface area contributed by atoms with E-state index in [1.807, 2.05) is 0 Å². The third kappa shape index (κ3) is 8.05. The van der Waals surface area contributed by atoms with Crippen molar-refractivity contribution in [2.75, 3.05) is 46.4 Å². The summed E-state index contributed by atoms with van der Waals surface area (Å²) in [6.07, 6.45) is 0. The van der Waals surface area contributed by atoms with E-state index in [-0.39, 0.29) is 37.2 Å². The second-order valence-electron chi connectivity index (χ2n) is 3.02. The summed E-state index contributed by atoms with van der Waals surface area (Å²) in [6.45, 7) is 6.20.